The van der Waals surface area contributed by atoms with E-state index in [9.17, 15) is 14.4 Å². The summed E-state index contributed by atoms with van der Waals surface area (Å²) in [6, 6.07) is 6.82. The predicted molar refractivity (Wildman–Crippen MR) is 104 cm³/mol. The van der Waals surface area contributed by atoms with Crippen LogP contribution in [0.1, 0.15) is 33.6 Å². The molecule has 1 amide bonds. The molecular weight excluding hydrogens is 380 g/mol. The Bertz CT molecular complexity index is 1150. The van der Waals surface area contributed by atoms with Crippen LogP contribution in [0.2, 0.25) is 0 Å². The highest BCUT2D eigenvalue weighted by Crippen LogP contribution is 2.36. The standard InChI is InChI=1S/C19H18N4O4S/c1-10-11(2)28-17(20-16(24)12-7-8-12)15(10)19(26)27-9-23-18(25)13-5-3-4-6-14(13)21-22-23/h3-6,12H,7-9H2,1-2H3,(H,20,24). The second-order valence-electron chi connectivity index (χ2n) is 6.72. The van der Waals surface area contributed by atoms with Crippen LogP contribution in [0.25, 0.3) is 10.9 Å². The van der Waals surface area contributed by atoms with E-state index in [0.717, 1.165) is 28.0 Å². The SMILES string of the molecule is Cc1sc(NC(=O)C2CC2)c(C(=O)OCn2nnc3ccccc3c2=O)c1C. The topological polar surface area (TPSA) is 103 Å². The molecule has 4 rings (SSSR count). The molecule has 144 valence electrons. The van der Waals surface area contributed by atoms with Crippen molar-refractivity contribution in [1.29, 1.82) is 0 Å². The van der Waals surface area contributed by atoms with E-state index in [1.165, 1.54) is 11.3 Å². The molecule has 0 atom stereocenters. The van der Waals surface area contributed by atoms with Crippen molar-refractivity contribution in [1.82, 2.24) is 15.0 Å². The maximum Gasteiger partial charge on any atom is 0.343 e. The molecular formula is C19H18N4O4S. The normalized spacial score (nSPS) is 13.5. The molecule has 1 saturated carbocycles. The minimum absolute atomic E-state index is 0.0260. The lowest BCUT2D eigenvalue weighted by Gasteiger charge is -2.09. The summed E-state index contributed by atoms with van der Waals surface area (Å²) < 4.78 is 6.31. The second-order valence-corrected chi connectivity index (χ2v) is 7.95. The van der Waals surface area contributed by atoms with Crippen LogP contribution in [-0.4, -0.2) is 26.9 Å². The molecule has 0 saturated heterocycles. The summed E-state index contributed by atoms with van der Waals surface area (Å²) in [5, 5.41) is 11.5. The first-order valence-corrected chi connectivity index (χ1v) is 9.68. The number of rotatable bonds is 5. The van der Waals surface area contributed by atoms with Crippen LogP contribution in [0.15, 0.2) is 29.1 Å². The van der Waals surface area contributed by atoms with Crippen molar-refractivity contribution < 1.29 is 14.3 Å². The minimum atomic E-state index is -0.616. The van der Waals surface area contributed by atoms with Gasteiger partial charge in [-0.3, -0.25) is 9.59 Å². The van der Waals surface area contributed by atoms with E-state index in [4.69, 9.17) is 4.74 Å². The molecule has 2 aromatic heterocycles. The first kappa shape index (κ1) is 18.3. The summed E-state index contributed by atoms with van der Waals surface area (Å²) in [6.07, 6.45) is 1.75. The van der Waals surface area contributed by atoms with Crippen LogP contribution in [0.5, 0.6) is 0 Å². The van der Waals surface area contributed by atoms with E-state index in [1.54, 1.807) is 31.2 Å². The Morgan fingerprint density at radius 3 is 2.79 bits per heavy atom. The van der Waals surface area contributed by atoms with Gasteiger partial charge in [-0.25, -0.2) is 4.79 Å². The van der Waals surface area contributed by atoms with E-state index >= 15 is 0 Å². The average molecular weight is 398 g/mol. The first-order valence-electron chi connectivity index (χ1n) is 8.86. The molecule has 2 heterocycles. The number of esters is 1. The molecule has 9 heteroatoms. The Hall–Kier alpha value is -3.07. The Labute approximate surface area is 164 Å². The van der Waals surface area contributed by atoms with Gasteiger partial charge in [0, 0.05) is 10.8 Å². The number of hydrogen-bond donors (Lipinski definition) is 1. The van der Waals surface area contributed by atoms with Crippen LogP contribution in [-0.2, 0) is 16.3 Å². The highest BCUT2D eigenvalue weighted by molar-refractivity contribution is 7.16. The summed E-state index contributed by atoms with van der Waals surface area (Å²) in [7, 11) is 0. The molecule has 1 fully saturated rings. The van der Waals surface area contributed by atoms with Gasteiger partial charge < -0.3 is 10.1 Å². The molecule has 1 N–H and O–H groups in total. The van der Waals surface area contributed by atoms with Crippen LogP contribution in [0.4, 0.5) is 5.00 Å². The van der Waals surface area contributed by atoms with Crippen LogP contribution in [0, 0.1) is 19.8 Å². The third kappa shape index (κ3) is 3.40. The second kappa shape index (κ2) is 7.16. The molecule has 0 bridgehead atoms. The summed E-state index contributed by atoms with van der Waals surface area (Å²) in [4.78, 5) is 38.2. The number of anilines is 1. The Morgan fingerprint density at radius 1 is 1.29 bits per heavy atom. The molecule has 0 radical (unpaired) electrons. The van der Waals surface area contributed by atoms with E-state index in [2.05, 4.69) is 15.6 Å². The van der Waals surface area contributed by atoms with Crippen molar-refractivity contribution in [3.05, 3.63) is 50.6 Å². The zero-order valence-electron chi connectivity index (χ0n) is 15.4. The minimum Gasteiger partial charge on any atom is -0.438 e. The molecule has 0 unspecified atom stereocenters. The molecule has 1 aromatic carbocycles. The highest BCUT2D eigenvalue weighted by atomic mass is 32.1. The lowest BCUT2D eigenvalue weighted by atomic mass is 10.1. The third-order valence-electron chi connectivity index (χ3n) is 4.72. The van der Waals surface area contributed by atoms with Gasteiger partial charge in [0.05, 0.1) is 10.9 Å². The number of aromatic nitrogens is 3. The highest BCUT2D eigenvalue weighted by Gasteiger charge is 2.31. The Morgan fingerprint density at radius 2 is 2.04 bits per heavy atom. The summed E-state index contributed by atoms with van der Waals surface area (Å²) >= 11 is 1.34. The monoisotopic (exact) mass is 398 g/mol. The molecule has 0 spiro atoms. The summed E-state index contributed by atoms with van der Waals surface area (Å²) in [5.74, 6) is -0.667. The first-order chi connectivity index (χ1) is 13.5. The molecule has 3 aromatic rings. The molecule has 28 heavy (non-hydrogen) atoms. The fraction of sp³-hybridized carbons (Fsp3) is 0.316. The van der Waals surface area contributed by atoms with Gasteiger partial charge in [0.1, 0.15) is 10.5 Å². The van der Waals surface area contributed by atoms with E-state index < -0.39 is 5.97 Å². The number of hydrogen-bond acceptors (Lipinski definition) is 7. The molecule has 0 aliphatic heterocycles. The number of carbonyl (C=O) groups is 2. The van der Waals surface area contributed by atoms with Gasteiger partial charge >= 0.3 is 5.97 Å². The summed E-state index contributed by atoms with van der Waals surface area (Å²) in [5.41, 5.74) is 1.15. The van der Waals surface area contributed by atoms with Crippen molar-refractivity contribution in [3.63, 3.8) is 0 Å². The number of aryl methyl sites for hydroxylation is 1. The van der Waals surface area contributed by atoms with Gasteiger partial charge in [0.25, 0.3) is 5.56 Å². The number of thiophene rings is 1. The van der Waals surface area contributed by atoms with Gasteiger partial charge in [-0.2, -0.15) is 4.68 Å². The van der Waals surface area contributed by atoms with Gasteiger partial charge in [0.2, 0.25) is 5.91 Å². The van der Waals surface area contributed by atoms with E-state index in [1.807, 2.05) is 6.92 Å². The largest absolute Gasteiger partial charge is 0.438 e. The Kier molecular flexibility index (Phi) is 4.68. The zero-order valence-corrected chi connectivity index (χ0v) is 16.2. The average Bonchev–Trinajstić information content (AvgIpc) is 3.49. The van der Waals surface area contributed by atoms with E-state index in [0.29, 0.717) is 21.5 Å². The predicted octanol–water partition coefficient (Wildman–Crippen LogP) is 2.63. The number of nitrogens with zero attached hydrogens (tertiary/aromatic N) is 3. The Balaban J connectivity index is 1.55. The maximum atomic E-state index is 12.7. The number of benzene rings is 1. The van der Waals surface area contributed by atoms with Crippen LogP contribution in [0.3, 0.4) is 0 Å². The van der Waals surface area contributed by atoms with E-state index in [-0.39, 0.29) is 24.1 Å². The van der Waals surface area contributed by atoms with Gasteiger partial charge in [-0.05, 0) is 44.4 Å². The summed E-state index contributed by atoms with van der Waals surface area (Å²) in [6.45, 7) is 3.32. The number of fused-ring (bicyclic) bond motifs is 1. The zero-order chi connectivity index (χ0) is 19.8. The number of carbonyl (C=O) groups excluding carboxylic acids is 2. The molecule has 1 aliphatic rings. The van der Waals surface area contributed by atoms with Crippen molar-refractivity contribution in [3.8, 4) is 0 Å². The number of nitrogens with one attached hydrogen (secondary N) is 1. The fourth-order valence-electron chi connectivity index (χ4n) is 2.82. The van der Waals surface area contributed by atoms with Gasteiger partial charge in [0.15, 0.2) is 6.73 Å². The van der Waals surface area contributed by atoms with Crippen molar-refractivity contribution in [2.24, 2.45) is 5.92 Å². The lowest BCUT2D eigenvalue weighted by Crippen LogP contribution is -2.27. The lowest BCUT2D eigenvalue weighted by molar-refractivity contribution is -0.117. The van der Waals surface area contributed by atoms with Crippen LogP contribution < -0.4 is 10.9 Å². The number of amides is 1. The maximum absolute atomic E-state index is 12.7. The fourth-order valence-corrected chi connectivity index (χ4v) is 3.87. The van der Waals surface area contributed by atoms with Crippen molar-refractivity contribution >= 4 is 39.1 Å². The van der Waals surface area contributed by atoms with Gasteiger partial charge in [-0.1, -0.05) is 17.3 Å². The van der Waals surface area contributed by atoms with Gasteiger partial charge in [-0.15, -0.1) is 16.4 Å². The van der Waals surface area contributed by atoms with Crippen molar-refractivity contribution in [2.45, 2.75) is 33.4 Å². The molecule has 1 aliphatic carbocycles. The number of ether oxygens (including phenoxy) is 1. The quantitative estimate of drug-likeness (QED) is 0.663. The van der Waals surface area contributed by atoms with Crippen LogP contribution >= 0.6 is 11.3 Å². The molecule has 8 nitrogen and oxygen atoms in total. The smallest absolute Gasteiger partial charge is 0.343 e. The third-order valence-corrected chi connectivity index (χ3v) is 5.84. The van der Waals surface area contributed by atoms with Crippen molar-refractivity contribution in [2.75, 3.05) is 5.32 Å².